The highest BCUT2D eigenvalue weighted by molar-refractivity contribution is 7.99. The molecule has 23 heavy (non-hydrogen) atoms. The summed E-state index contributed by atoms with van der Waals surface area (Å²) in [5.41, 5.74) is 4.90. The largest absolute Gasteiger partial charge is 0.264 e. The van der Waals surface area contributed by atoms with Gasteiger partial charge in [0.25, 0.3) is 0 Å². The quantitative estimate of drug-likeness (QED) is 0.733. The van der Waals surface area contributed by atoms with Crippen LogP contribution in [-0.2, 0) is 12.8 Å². The van der Waals surface area contributed by atoms with E-state index in [1.807, 2.05) is 60.2 Å². The Morgan fingerprint density at radius 3 is 2.96 bits per heavy atom. The molecule has 4 heterocycles. The summed E-state index contributed by atoms with van der Waals surface area (Å²) in [6, 6.07) is 8.18. The van der Waals surface area contributed by atoms with Crippen LogP contribution < -0.4 is 0 Å². The normalized spacial score (nSPS) is 16.5. The fraction of sp³-hybridized carbons (Fsp3) is 0.278. The molecule has 5 heteroatoms. The summed E-state index contributed by atoms with van der Waals surface area (Å²) in [6.07, 6.45) is 7.82. The van der Waals surface area contributed by atoms with Crippen molar-refractivity contribution in [3.05, 3.63) is 65.4 Å². The zero-order chi connectivity index (χ0) is 15.8. The van der Waals surface area contributed by atoms with Gasteiger partial charge in [0.15, 0.2) is 5.82 Å². The van der Waals surface area contributed by atoms with Gasteiger partial charge in [0.1, 0.15) is 0 Å². The molecule has 3 aromatic rings. The number of thioether (sulfide) groups is 1. The molecule has 0 saturated heterocycles. The van der Waals surface area contributed by atoms with Crippen molar-refractivity contribution in [2.24, 2.45) is 0 Å². The fourth-order valence-corrected chi connectivity index (χ4v) is 4.43. The number of aromatic nitrogens is 4. The third kappa shape index (κ3) is 2.55. The van der Waals surface area contributed by atoms with Crippen LogP contribution in [0.3, 0.4) is 0 Å². The second-order valence-electron chi connectivity index (χ2n) is 5.75. The Morgan fingerprint density at radius 2 is 2.17 bits per heavy atom. The summed E-state index contributed by atoms with van der Waals surface area (Å²) in [6.45, 7) is 4.20. The molecule has 0 fully saturated rings. The topological polar surface area (TPSA) is 43.6 Å². The monoisotopic (exact) mass is 322 g/mol. The number of hydrogen-bond donors (Lipinski definition) is 0. The lowest BCUT2D eigenvalue weighted by Gasteiger charge is -2.14. The predicted molar refractivity (Wildman–Crippen MR) is 92.0 cm³/mol. The average molecular weight is 322 g/mol. The van der Waals surface area contributed by atoms with Crippen LogP contribution in [0, 0.1) is 6.92 Å². The summed E-state index contributed by atoms with van der Waals surface area (Å²) in [4.78, 5) is 10.2. The summed E-state index contributed by atoms with van der Waals surface area (Å²) >= 11 is 1.91. The first kappa shape index (κ1) is 14.5. The van der Waals surface area contributed by atoms with E-state index in [9.17, 15) is 0 Å². The molecule has 1 aliphatic heterocycles. The maximum atomic E-state index is 4.65. The third-order valence-electron chi connectivity index (χ3n) is 4.20. The van der Waals surface area contributed by atoms with E-state index < -0.39 is 0 Å². The maximum absolute atomic E-state index is 4.65. The molecular formula is C18H18N4S. The van der Waals surface area contributed by atoms with Gasteiger partial charge in [-0.2, -0.15) is 5.10 Å². The van der Waals surface area contributed by atoms with Crippen molar-refractivity contribution in [2.45, 2.75) is 36.8 Å². The van der Waals surface area contributed by atoms with Gasteiger partial charge in [-0.25, -0.2) is 9.67 Å². The number of aryl methyl sites for hydroxylation is 2. The van der Waals surface area contributed by atoms with Crippen LogP contribution in [0.25, 0.3) is 5.82 Å². The molecule has 1 unspecified atom stereocenters. The first-order chi connectivity index (χ1) is 11.3. The van der Waals surface area contributed by atoms with Gasteiger partial charge in [0.2, 0.25) is 0 Å². The van der Waals surface area contributed by atoms with E-state index in [0.717, 1.165) is 24.4 Å². The Labute approximate surface area is 140 Å². The zero-order valence-corrected chi connectivity index (χ0v) is 14.0. The van der Waals surface area contributed by atoms with Crippen LogP contribution in [0.5, 0.6) is 0 Å². The van der Waals surface area contributed by atoms with Gasteiger partial charge in [-0.1, -0.05) is 13.0 Å². The van der Waals surface area contributed by atoms with Gasteiger partial charge in [-0.15, -0.1) is 11.8 Å². The molecule has 3 aromatic heterocycles. The van der Waals surface area contributed by atoms with Crippen molar-refractivity contribution in [1.82, 2.24) is 19.7 Å². The molecule has 0 saturated carbocycles. The van der Waals surface area contributed by atoms with Crippen molar-refractivity contribution in [3.8, 4) is 5.82 Å². The second kappa shape index (κ2) is 5.81. The van der Waals surface area contributed by atoms with Crippen LogP contribution in [0.15, 0.2) is 47.8 Å². The predicted octanol–water partition coefficient (Wildman–Crippen LogP) is 3.92. The highest BCUT2D eigenvalue weighted by Gasteiger charge is 2.29. The van der Waals surface area contributed by atoms with Crippen molar-refractivity contribution in [1.29, 1.82) is 0 Å². The lowest BCUT2D eigenvalue weighted by Crippen LogP contribution is -2.09. The minimum absolute atomic E-state index is 0.369. The average Bonchev–Trinajstić information content (AvgIpc) is 3.18. The SMILES string of the molecule is CCc1cnn(-c2cccc(C)n2)c1C1Cc2cnccc2S1. The smallest absolute Gasteiger partial charge is 0.153 e. The van der Waals surface area contributed by atoms with Crippen molar-refractivity contribution in [3.63, 3.8) is 0 Å². The minimum atomic E-state index is 0.369. The highest BCUT2D eigenvalue weighted by Crippen LogP contribution is 2.47. The molecule has 0 radical (unpaired) electrons. The van der Waals surface area contributed by atoms with Crippen molar-refractivity contribution >= 4 is 11.8 Å². The number of fused-ring (bicyclic) bond motifs is 1. The van der Waals surface area contributed by atoms with Crippen LogP contribution in [0.1, 0.15) is 34.7 Å². The summed E-state index contributed by atoms with van der Waals surface area (Å²) in [5, 5.41) is 5.00. The molecule has 4 rings (SSSR count). The molecular weight excluding hydrogens is 304 g/mol. The van der Waals surface area contributed by atoms with E-state index in [1.165, 1.54) is 21.7 Å². The molecule has 0 bridgehead atoms. The molecule has 0 aliphatic carbocycles. The van der Waals surface area contributed by atoms with Gasteiger partial charge in [-0.05, 0) is 49.1 Å². The Bertz CT molecular complexity index is 831. The lowest BCUT2D eigenvalue weighted by atomic mass is 10.1. The Balaban J connectivity index is 1.78. The van der Waals surface area contributed by atoms with Crippen LogP contribution in [0.2, 0.25) is 0 Å². The zero-order valence-electron chi connectivity index (χ0n) is 13.2. The molecule has 0 N–H and O–H groups in total. The molecule has 0 amide bonds. The van der Waals surface area contributed by atoms with Gasteiger partial charge in [-0.3, -0.25) is 4.98 Å². The van der Waals surface area contributed by atoms with E-state index in [-0.39, 0.29) is 0 Å². The van der Waals surface area contributed by atoms with Crippen molar-refractivity contribution in [2.75, 3.05) is 0 Å². The number of nitrogens with zero attached hydrogens (tertiary/aromatic N) is 4. The van der Waals surface area contributed by atoms with E-state index in [4.69, 9.17) is 0 Å². The van der Waals surface area contributed by atoms with Crippen LogP contribution in [0.4, 0.5) is 0 Å². The molecule has 1 atom stereocenters. The standard InChI is InChI=1S/C18H18N4S/c1-3-13-11-20-22(17-6-4-5-12(2)21-17)18(13)16-9-14-10-19-8-7-15(14)23-16/h4-8,10-11,16H,3,9H2,1-2H3. The van der Waals surface area contributed by atoms with Crippen molar-refractivity contribution < 1.29 is 0 Å². The molecule has 0 spiro atoms. The molecule has 4 nitrogen and oxygen atoms in total. The minimum Gasteiger partial charge on any atom is -0.264 e. The summed E-state index contributed by atoms with van der Waals surface area (Å²) < 4.78 is 2.02. The van der Waals surface area contributed by atoms with Crippen LogP contribution in [-0.4, -0.2) is 19.7 Å². The maximum Gasteiger partial charge on any atom is 0.153 e. The first-order valence-corrected chi connectivity index (χ1v) is 8.74. The Hall–Kier alpha value is -2.14. The summed E-state index contributed by atoms with van der Waals surface area (Å²) in [5.74, 6) is 0.898. The van der Waals surface area contributed by atoms with E-state index >= 15 is 0 Å². The van der Waals surface area contributed by atoms with E-state index in [2.05, 4.69) is 28.1 Å². The number of rotatable bonds is 3. The second-order valence-corrected chi connectivity index (χ2v) is 7.00. The van der Waals surface area contributed by atoms with Gasteiger partial charge in [0.05, 0.1) is 17.1 Å². The molecule has 0 aromatic carbocycles. The molecule has 116 valence electrons. The summed E-state index contributed by atoms with van der Waals surface area (Å²) in [7, 11) is 0. The van der Waals surface area contributed by atoms with Gasteiger partial charge >= 0.3 is 0 Å². The van der Waals surface area contributed by atoms with Crippen LogP contribution >= 0.6 is 11.8 Å². The lowest BCUT2D eigenvalue weighted by molar-refractivity contribution is 0.753. The fourth-order valence-electron chi connectivity index (χ4n) is 3.07. The number of hydrogen-bond acceptors (Lipinski definition) is 4. The number of pyridine rings is 2. The first-order valence-electron chi connectivity index (χ1n) is 7.86. The third-order valence-corrected chi connectivity index (χ3v) is 5.52. The Morgan fingerprint density at radius 1 is 1.26 bits per heavy atom. The Kier molecular flexibility index (Phi) is 3.65. The van der Waals surface area contributed by atoms with Gasteiger partial charge in [0, 0.05) is 23.0 Å². The van der Waals surface area contributed by atoms with E-state index in [1.54, 1.807) is 0 Å². The van der Waals surface area contributed by atoms with E-state index in [0.29, 0.717) is 5.25 Å². The molecule has 1 aliphatic rings. The highest BCUT2D eigenvalue weighted by atomic mass is 32.2. The van der Waals surface area contributed by atoms with Gasteiger partial charge < -0.3 is 0 Å².